The minimum atomic E-state index is 0.118. The molecule has 0 N–H and O–H groups in total. The number of hydrogen-bond donors (Lipinski definition) is 0. The molecule has 0 fully saturated rings. The lowest BCUT2D eigenvalue weighted by Gasteiger charge is -2.16. The molecule has 2 rings (SSSR count). The van der Waals surface area contributed by atoms with E-state index in [9.17, 15) is 0 Å². The van der Waals surface area contributed by atoms with Crippen molar-refractivity contribution in [2.24, 2.45) is 0 Å². The Labute approximate surface area is 104 Å². The molecule has 0 bridgehead atoms. The van der Waals surface area contributed by atoms with Crippen LogP contribution in [0.3, 0.4) is 0 Å². The van der Waals surface area contributed by atoms with Gasteiger partial charge in [0.05, 0.1) is 12.5 Å². The van der Waals surface area contributed by atoms with E-state index in [0.717, 1.165) is 23.1 Å². The molecule has 0 amide bonds. The van der Waals surface area contributed by atoms with Gasteiger partial charge in [0.1, 0.15) is 5.75 Å². The number of benzene rings is 1. The molecule has 1 nitrogen and oxygen atoms in total. The summed E-state index contributed by atoms with van der Waals surface area (Å²) < 4.78 is 6.50. The summed E-state index contributed by atoms with van der Waals surface area (Å²) in [5.41, 5.74) is 2.51. The van der Waals surface area contributed by atoms with Gasteiger partial charge in [0.2, 0.25) is 0 Å². The van der Waals surface area contributed by atoms with E-state index in [1.807, 2.05) is 12.1 Å². The molecule has 1 aromatic rings. The topological polar surface area (TPSA) is 9.23 Å². The summed E-state index contributed by atoms with van der Waals surface area (Å²) in [7, 11) is 1.72. The predicted molar refractivity (Wildman–Crippen MR) is 66.8 cm³/mol. The third-order valence-corrected chi connectivity index (χ3v) is 4.06. The summed E-state index contributed by atoms with van der Waals surface area (Å²) in [6.07, 6.45) is 4.52. The second kappa shape index (κ2) is 4.75. The van der Waals surface area contributed by atoms with Crippen LogP contribution in [-0.2, 0) is 6.42 Å². The molecule has 1 aliphatic carbocycles. The Morgan fingerprint density at radius 2 is 2.20 bits per heavy atom. The van der Waals surface area contributed by atoms with Crippen molar-refractivity contribution in [1.29, 1.82) is 0 Å². The van der Waals surface area contributed by atoms with E-state index in [-0.39, 0.29) is 5.38 Å². The molecule has 0 saturated heterocycles. The van der Waals surface area contributed by atoms with Crippen LogP contribution < -0.4 is 4.74 Å². The Morgan fingerprint density at radius 3 is 2.93 bits per heavy atom. The number of hydrogen-bond acceptors (Lipinski definition) is 1. The zero-order valence-electron chi connectivity index (χ0n) is 8.72. The van der Waals surface area contributed by atoms with Crippen LogP contribution in [0.4, 0.5) is 0 Å². The quantitative estimate of drug-likeness (QED) is 0.548. The average Bonchev–Trinajstić information content (AvgIpc) is 2.42. The summed E-state index contributed by atoms with van der Waals surface area (Å²) >= 11 is 9.98. The van der Waals surface area contributed by atoms with Crippen LogP contribution >= 0.6 is 27.5 Å². The zero-order chi connectivity index (χ0) is 10.8. The van der Waals surface area contributed by atoms with Crippen LogP contribution in [0.25, 0.3) is 0 Å². The number of alkyl halides is 1. The largest absolute Gasteiger partial charge is 0.496 e. The lowest BCUT2D eigenvalue weighted by atomic mass is 10.0. The third-order valence-electron chi connectivity index (χ3n) is 2.93. The van der Waals surface area contributed by atoms with Gasteiger partial charge in [-0.05, 0) is 42.5 Å². The number of fused-ring (bicyclic) bond motifs is 1. The van der Waals surface area contributed by atoms with Crippen molar-refractivity contribution < 1.29 is 4.74 Å². The molecule has 15 heavy (non-hydrogen) atoms. The first kappa shape index (κ1) is 11.3. The summed E-state index contributed by atoms with van der Waals surface area (Å²) in [6.45, 7) is 0. The fourth-order valence-electron chi connectivity index (χ4n) is 2.17. The van der Waals surface area contributed by atoms with Gasteiger partial charge < -0.3 is 4.74 Å². The van der Waals surface area contributed by atoms with E-state index in [0.29, 0.717) is 0 Å². The van der Waals surface area contributed by atoms with E-state index < -0.39 is 0 Å². The first-order chi connectivity index (χ1) is 7.24. The van der Waals surface area contributed by atoms with Crippen molar-refractivity contribution in [3.8, 4) is 5.75 Å². The maximum absolute atomic E-state index is 6.40. The van der Waals surface area contributed by atoms with Gasteiger partial charge in [-0.25, -0.2) is 0 Å². The highest BCUT2D eigenvalue weighted by Gasteiger charge is 2.21. The highest BCUT2D eigenvalue weighted by molar-refractivity contribution is 9.10. The molecule has 82 valence electrons. The predicted octanol–water partition coefficient (Wildman–Crippen LogP) is 4.46. The third kappa shape index (κ3) is 2.16. The second-order valence-electron chi connectivity index (χ2n) is 3.86. The fraction of sp³-hybridized carbons (Fsp3) is 0.500. The molecule has 1 unspecified atom stereocenters. The van der Waals surface area contributed by atoms with Gasteiger partial charge in [0.25, 0.3) is 0 Å². The summed E-state index contributed by atoms with van der Waals surface area (Å²) in [5.74, 6) is 0.973. The minimum Gasteiger partial charge on any atom is -0.496 e. The van der Waals surface area contributed by atoms with Crippen LogP contribution in [0.5, 0.6) is 5.75 Å². The Morgan fingerprint density at radius 1 is 1.40 bits per heavy atom. The molecular weight excluding hydrogens is 275 g/mol. The second-order valence-corrected chi connectivity index (χ2v) is 5.24. The number of ether oxygens (including phenoxy) is 1. The van der Waals surface area contributed by atoms with E-state index in [1.54, 1.807) is 7.11 Å². The van der Waals surface area contributed by atoms with E-state index in [4.69, 9.17) is 16.3 Å². The Balaban J connectivity index is 2.55. The van der Waals surface area contributed by atoms with Crippen molar-refractivity contribution in [3.63, 3.8) is 0 Å². The lowest BCUT2D eigenvalue weighted by molar-refractivity contribution is 0.408. The van der Waals surface area contributed by atoms with Gasteiger partial charge in [-0.2, -0.15) is 0 Å². The van der Waals surface area contributed by atoms with Gasteiger partial charge in [-0.3, -0.25) is 0 Å². The van der Waals surface area contributed by atoms with Crippen molar-refractivity contribution >= 4 is 27.5 Å². The SMILES string of the molecule is COc1ccc(Br)c2c1CCCCC2Cl. The first-order valence-electron chi connectivity index (χ1n) is 5.23. The molecule has 0 spiro atoms. The van der Waals surface area contributed by atoms with Crippen molar-refractivity contribution in [3.05, 3.63) is 27.7 Å². The molecule has 0 aromatic heterocycles. The summed E-state index contributed by atoms with van der Waals surface area (Å²) in [4.78, 5) is 0. The summed E-state index contributed by atoms with van der Waals surface area (Å²) in [5, 5.41) is 0.118. The van der Waals surface area contributed by atoms with Gasteiger partial charge >= 0.3 is 0 Å². The van der Waals surface area contributed by atoms with E-state index in [1.165, 1.54) is 24.0 Å². The van der Waals surface area contributed by atoms with E-state index in [2.05, 4.69) is 15.9 Å². The Kier molecular flexibility index (Phi) is 3.57. The zero-order valence-corrected chi connectivity index (χ0v) is 11.1. The van der Waals surface area contributed by atoms with Gasteiger partial charge in [0, 0.05) is 4.47 Å². The Bertz CT molecular complexity index is 365. The van der Waals surface area contributed by atoms with Gasteiger partial charge in [-0.1, -0.05) is 22.4 Å². The molecule has 3 heteroatoms. The monoisotopic (exact) mass is 288 g/mol. The summed E-state index contributed by atoms with van der Waals surface area (Å²) in [6, 6.07) is 4.04. The molecule has 0 heterocycles. The molecule has 0 aliphatic heterocycles. The maximum atomic E-state index is 6.40. The van der Waals surface area contributed by atoms with Crippen LogP contribution in [0, 0.1) is 0 Å². The van der Waals surface area contributed by atoms with Gasteiger partial charge in [-0.15, -0.1) is 11.6 Å². The standard InChI is InChI=1S/C12H14BrClO/c1-15-11-7-6-9(13)12-8(11)4-2-3-5-10(12)14/h6-7,10H,2-5H2,1H3. The fourth-order valence-corrected chi connectivity index (χ4v) is 3.36. The van der Waals surface area contributed by atoms with E-state index >= 15 is 0 Å². The minimum absolute atomic E-state index is 0.118. The molecule has 0 saturated carbocycles. The van der Waals surface area contributed by atoms with Crippen molar-refractivity contribution in [2.75, 3.05) is 7.11 Å². The number of rotatable bonds is 1. The maximum Gasteiger partial charge on any atom is 0.122 e. The van der Waals surface area contributed by atoms with Crippen LogP contribution in [-0.4, -0.2) is 7.11 Å². The average molecular weight is 290 g/mol. The molecule has 1 aromatic carbocycles. The van der Waals surface area contributed by atoms with Gasteiger partial charge in [0.15, 0.2) is 0 Å². The van der Waals surface area contributed by atoms with Crippen LogP contribution in [0.15, 0.2) is 16.6 Å². The molecular formula is C12H14BrClO. The molecule has 1 aliphatic rings. The highest BCUT2D eigenvalue weighted by atomic mass is 79.9. The highest BCUT2D eigenvalue weighted by Crippen LogP contribution is 2.41. The van der Waals surface area contributed by atoms with Crippen molar-refractivity contribution in [1.82, 2.24) is 0 Å². The smallest absolute Gasteiger partial charge is 0.122 e. The van der Waals surface area contributed by atoms with Crippen molar-refractivity contribution in [2.45, 2.75) is 31.1 Å². The lowest BCUT2D eigenvalue weighted by Crippen LogP contribution is -1.99. The number of methoxy groups -OCH3 is 1. The molecule has 1 atom stereocenters. The van der Waals surface area contributed by atoms with Crippen LogP contribution in [0.2, 0.25) is 0 Å². The normalized spacial score (nSPS) is 20.6. The first-order valence-corrected chi connectivity index (χ1v) is 6.46. The number of halogens is 2. The Hall–Kier alpha value is -0.210. The molecule has 0 radical (unpaired) electrons. The van der Waals surface area contributed by atoms with Crippen LogP contribution in [0.1, 0.15) is 35.8 Å².